The van der Waals surface area contributed by atoms with E-state index in [0.29, 0.717) is 6.61 Å². The normalized spacial score (nSPS) is 10.8. The minimum atomic E-state index is -0.380. The van der Waals surface area contributed by atoms with Crippen LogP contribution in [0.3, 0.4) is 0 Å². The highest BCUT2D eigenvalue weighted by molar-refractivity contribution is 7.12. The van der Waals surface area contributed by atoms with Crippen molar-refractivity contribution >= 4 is 23.4 Å². The number of ether oxygens (including phenoxy) is 2. The molecule has 5 nitrogen and oxygen atoms in total. The molecule has 2 heterocycles. The molecule has 0 aliphatic carbocycles. The fourth-order valence-electron chi connectivity index (χ4n) is 2.14. The topological polar surface area (TPSA) is 61.3 Å². The van der Waals surface area contributed by atoms with E-state index in [2.05, 4.69) is 9.97 Å². The van der Waals surface area contributed by atoms with E-state index < -0.39 is 0 Å². The maximum absolute atomic E-state index is 11.8. The van der Waals surface area contributed by atoms with Gasteiger partial charge in [-0.1, -0.05) is 12.1 Å². The average molecular weight is 366 g/mol. The summed E-state index contributed by atoms with van der Waals surface area (Å²) in [5.74, 6) is 0.381. The van der Waals surface area contributed by atoms with Gasteiger partial charge in [-0.05, 0) is 48.4 Å². The van der Waals surface area contributed by atoms with E-state index >= 15 is 0 Å². The lowest BCUT2D eigenvalue weighted by molar-refractivity contribution is -0.138. The molecule has 1 aromatic carbocycles. The monoisotopic (exact) mass is 366 g/mol. The maximum atomic E-state index is 11.8. The van der Waals surface area contributed by atoms with Gasteiger partial charge in [-0.2, -0.15) is 0 Å². The summed E-state index contributed by atoms with van der Waals surface area (Å²) in [5.41, 5.74) is 1.96. The highest BCUT2D eigenvalue weighted by Gasteiger charge is 2.01. The SMILES string of the molecule is Cc1ncc(/C=C/C(=O)OCc2ccc(OCc3ccncc3)cc2)s1. The van der Waals surface area contributed by atoms with Crippen molar-refractivity contribution in [3.63, 3.8) is 0 Å². The first-order chi connectivity index (χ1) is 12.7. The fraction of sp³-hybridized carbons (Fsp3) is 0.150. The van der Waals surface area contributed by atoms with Gasteiger partial charge in [-0.25, -0.2) is 9.78 Å². The second-order valence-corrected chi connectivity index (χ2v) is 6.78. The lowest BCUT2D eigenvalue weighted by atomic mass is 10.2. The highest BCUT2D eigenvalue weighted by atomic mass is 32.1. The predicted molar refractivity (Wildman–Crippen MR) is 101 cm³/mol. The number of aromatic nitrogens is 2. The van der Waals surface area contributed by atoms with Crippen LogP contribution in [0, 0.1) is 6.92 Å². The van der Waals surface area contributed by atoms with Gasteiger partial charge in [0.1, 0.15) is 19.0 Å². The lowest BCUT2D eigenvalue weighted by Gasteiger charge is -2.07. The van der Waals surface area contributed by atoms with E-state index in [1.54, 1.807) is 24.7 Å². The van der Waals surface area contributed by atoms with Gasteiger partial charge >= 0.3 is 5.97 Å². The Hall–Kier alpha value is -2.99. The number of pyridine rings is 1. The van der Waals surface area contributed by atoms with Crippen LogP contribution in [0.4, 0.5) is 0 Å². The number of nitrogens with zero attached hydrogens (tertiary/aromatic N) is 2. The molecule has 3 aromatic rings. The number of rotatable bonds is 7. The number of aryl methyl sites for hydroxylation is 1. The Morgan fingerprint density at radius 1 is 1.08 bits per heavy atom. The van der Waals surface area contributed by atoms with E-state index in [1.165, 1.54) is 17.4 Å². The summed E-state index contributed by atoms with van der Waals surface area (Å²) in [5, 5.41) is 0.962. The minimum Gasteiger partial charge on any atom is -0.489 e. The average Bonchev–Trinajstić information content (AvgIpc) is 3.10. The summed E-state index contributed by atoms with van der Waals surface area (Å²) >= 11 is 1.53. The molecule has 0 aliphatic rings. The molecule has 3 rings (SSSR count). The standard InChI is InChI=1S/C20H18N2O3S/c1-15-22-12-19(26-15)6-7-20(23)25-14-16-2-4-18(5-3-16)24-13-17-8-10-21-11-9-17/h2-12H,13-14H2,1H3/b7-6+. The molecular formula is C20H18N2O3S. The molecule has 0 radical (unpaired) electrons. The van der Waals surface area contributed by atoms with Crippen LogP contribution in [0.25, 0.3) is 6.08 Å². The molecular weight excluding hydrogens is 348 g/mol. The first-order valence-electron chi connectivity index (χ1n) is 8.07. The first-order valence-corrected chi connectivity index (χ1v) is 8.88. The first kappa shape index (κ1) is 17.8. The molecule has 2 aromatic heterocycles. The van der Waals surface area contributed by atoms with Gasteiger partial charge in [0.05, 0.1) is 5.01 Å². The van der Waals surface area contributed by atoms with Crippen LogP contribution in [0.15, 0.2) is 61.1 Å². The van der Waals surface area contributed by atoms with Crippen LogP contribution < -0.4 is 4.74 Å². The number of esters is 1. The Labute approximate surface area is 156 Å². The Morgan fingerprint density at radius 2 is 1.81 bits per heavy atom. The number of carbonyl (C=O) groups is 1. The van der Waals surface area contributed by atoms with Crippen LogP contribution in [0.1, 0.15) is 21.0 Å². The summed E-state index contributed by atoms with van der Waals surface area (Å²) < 4.78 is 10.9. The lowest BCUT2D eigenvalue weighted by Crippen LogP contribution is -2.01. The Morgan fingerprint density at radius 3 is 2.50 bits per heavy atom. The molecule has 0 amide bonds. The van der Waals surface area contributed by atoms with Crippen LogP contribution in [0.5, 0.6) is 5.75 Å². The number of carbonyl (C=O) groups excluding carboxylic acids is 1. The zero-order valence-corrected chi connectivity index (χ0v) is 15.1. The van der Waals surface area contributed by atoms with Crippen molar-refractivity contribution in [1.82, 2.24) is 9.97 Å². The van der Waals surface area contributed by atoms with E-state index in [4.69, 9.17) is 9.47 Å². The van der Waals surface area contributed by atoms with Gasteiger partial charge in [0.2, 0.25) is 0 Å². The largest absolute Gasteiger partial charge is 0.489 e. The van der Waals surface area contributed by atoms with Gasteiger partial charge in [0.25, 0.3) is 0 Å². The Kier molecular flexibility index (Phi) is 6.11. The molecule has 0 fully saturated rings. The fourth-order valence-corrected chi connectivity index (χ4v) is 2.82. The zero-order valence-electron chi connectivity index (χ0n) is 14.3. The smallest absolute Gasteiger partial charge is 0.331 e. The van der Waals surface area contributed by atoms with Crippen LogP contribution in [-0.2, 0) is 22.7 Å². The summed E-state index contributed by atoms with van der Waals surface area (Å²) in [6.45, 7) is 2.62. The van der Waals surface area contributed by atoms with Crippen molar-refractivity contribution in [2.24, 2.45) is 0 Å². The third-order valence-electron chi connectivity index (χ3n) is 3.48. The quantitative estimate of drug-likeness (QED) is 0.464. The number of thiazole rings is 1. The van der Waals surface area contributed by atoms with Gasteiger partial charge in [-0.15, -0.1) is 11.3 Å². The second kappa shape index (κ2) is 8.92. The van der Waals surface area contributed by atoms with Crippen molar-refractivity contribution in [1.29, 1.82) is 0 Å². The zero-order chi connectivity index (χ0) is 18.2. The van der Waals surface area contributed by atoms with Gasteiger partial charge < -0.3 is 9.47 Å². The van der Waals surface area contributed by atoms with Gasteiger partial charge in [0, 0.05) is 29.5 Å². The molecule has 26 heavy (non-hydrogen) atoms. The summed E-state index contributed by atoms with van der Waals surface area (Å²) in [7, 11) is 0. The van der Waals surface area contributed by atoms with E-state index in [9.17, 15) is 4.79 Å². The molecule has 0 N–H and O–H groups in total. The molecule has 0 saturated heterocycles. The summed E-state index contributed by atoms with van der Waals surface area (Å²) in [6.07, 6.45) is 8.33. The maximum Gasteiger partial charge on any atom is 0.331 e. The van der Waals surface area contributed by atoms with Crippen LogP contribution in [-0.4, -0.2) is 15.9 Å². The molecule has 0 spiro atoms. The second-order valence-electron chi connectivity index (χ2n) is 5.51. The molecule has 132 valence electrons. The molecule has 6 heteroatoms. The molecule has 0 aliphatic heterocycles. The van der Waals surface area contributed by atoms with Crippen molar-refractivity contribution in [2.75, 3.05) is 0 Å². The Bertz CT molecular complexity index is 874. The van der Waals surface area contributed by atoms with Gasteiger partial charge in [0.15, 0.2) is 0 Å². The summed E-state index contributed by atoms with van der Waals surface area (Å²) in [4.78, 5) is 20.8. The van der Waals surface area contributed by atoms with Crippen LogP contribution >= 0.6 is 11.3 Å². The highest BCUT2D eigenvalue weighted by Crippen LogP contribution is 2.15. The van der Waals surface area contributed by atoms with Crippen molar-refractivity contribution in [3.8, 4) is 5.75 Å². The minimum absolute atomic E-state index is 0.218. The number of hydrogen-bond acceptors (Lipinski definition) is 6. The third-order valence-corrected chi connectivity index (χ3v) is 4.36. The van der Waals surface area contributed by atoms with E-state index in [1.807, 2.05) is 43.3 Å². The summed E-state index contributed by atoms with van der Waals surface area (Å²) in [6, 6.07) is 11.3. The van der Waals surface area contributed by atoms with E-state index in [0.717, 1.165) is 26.8 Å². The predicted octanol–water partition coefficient (Wildman–Crippen LogP) is 4.18. The third kappa shape index (κ3) is 5.53. The molecule has 0 atom stereocenters. The van der Waals surface area contributed by atoms with Crippen molar-refractivity contribution in [3.05, 3.63) is 82.1 Å². The van der Waals surface area contributed by atoms with Gasteiger partial charge in [-0.3, -0.25) is 4.98 Å². The van der Waals surface area contributed by atoms with Crippen molar-refractivity contribution < 1.29 is 14.3 Å². The molecule has 0 unspecified atom stereocenters. The van der Waals surface area contributed by atoms with Crippen LogP contribution in [0.2, 0.25) is 0 Å². The number of benzene rings is 1. The molecule has 0 saturated carbocycles. The number of hydrogen-bond donors (Lipinski definition) is 0. The Balaban J connectivity index is 1.45. The van der Waals surface area contributed by atoms with Crippen molar-refractivity contribution in [2.45, 2.75) is 20.1 Å². The van der Waals surface area contributed by atoms with E-state index in [-0.39, 0.29) is 12.6 Å². The molecule has 0 bridgehead atoms.